The Labute approximate surface area is 121 Å². The SMILES string of the molecule is COCC(=O)N1CCN(c2ccc(C(C)C)cc2)CC1. The summed E-state index contributed by atoms with van der Waals surface area (Å²) in [7, 11) is 1.56. The van der Waals surface area contributed by atoms with Gasteiger partial charge in [0.05, 0.1) is 0 Å². The van der Waals surface area contributed by atoms with Crippen molar-refractivity contribution < 1.29 is 9.53 Å². The zero-order chi connectivity index (χ0) is 14.5. The molecule has 0 bridgehead atoms. The number of piperazine rings is 1. The molecule has 0 spiro atoms. The van der Waals surface area contributed by atoms with Gasteiger partial charge in [0, 0.05) is 39.0 Å². The van der Waals surface area contributed by atoms with Crippen molar-refractivity contribution in [1.29, 1.82) is 0 Å². The number of carbonyl (C=O) groups is 1. The molecule has 1 fully saturated rings. The predicted octanol–water partition coefficient (Wildman–Crippen LogP) is 2.10. The molecule has 1 amide bonds. The Morgan fingerprint density at radius 1 is 1.15 bits per heavy atom. The number of benzene rings is 1. The monoisotopic (exact) mass is 276 g/mol. The Kier molecular flexibility index (Phi) is 5.01. The van der Waals surface area contributed by atoms with Crippen LogP contribution in [0.3, 0.4) is 0 Å². The van der Waals surface area contributed by atoms with E-state index in [1.54, 1.807) is 7.11 Å². The fourth-order valence-electron chi connectivity index (χ4n) is 2.50. The topological polar surface area (TPSA) is 32.8 Å². The van der Waals surface area contributed by atoms with Gasteiger partial charge in [0.1, 0.15) is 6.61 Å². The molecule has 1 saturated heterocycles. The average molecular weight is 276 g/mol. The number of hydrogen-bond donors (Lipinski definition) is 0. The predicted molar refractivity (Wildman–Crippen MR) is 81.2 cm³/mol. The number of anilines is 1. The maximum Gasteiger partial charge on any atom is 0.248 e. The van der Waals surface area contributed by atoms with E-state index in [9.17, 15) is 4.79 Å². The summed E-state index contributed by atoms with van der Waals surface area (Å²) in [5.74, 6) is 0.648. The standard InChI is InChI=1S/C16H24N2O2/c1-13(2)14-4-6-15(7-5-14)17-8-10-18(11-9-17)16(19)12-20-3/h4-7,13H,8-12H2,1-3H3. The van der Waals surface area contributed by atoms with Gasteiger partial charge in [0.15, 0.2) is 0 Å². The fraction of sp³-hybridized carbons (Fsp3) is 0.562. The normalized spacial score (nSPS) is 15.8. The quantitative estimate of drug-likeness (QED) is 0.844. The van der Waals surface area contributed by atoms with Gasteiger partial charge in [-0.3, -0.25) is 4.79 Å². The summed E-state index contributed by atoms with van der Waals surface area (Å²) in [6, 6.07) is 8.76. The van der Waals surface area contributed by atoms with E-state index in [1.165, 1.54) is 11.3 Å². The van der Waals surface area contributed by atoms with Gasteiger partial charge in [-0.1, -0.05) is 26.0 Å². The van der Waals surface area contributed by atoms with E-state index in [0.717, 1.165) is 26.2 Å². The Bertz CT molecular complexity index is 434. The molecule has 0 aliphatic carbocycles. The molecule has 1 aliphatic rings. The van der Waals surface area contributed by atoms with Crippen LogP contribution in [0, 0.1) is 0 Å². The first-order valence-electron chi connectivity index (χ1n) is 7.23. The summed E-state index contributed by atoms with van der Waals surface area (Å²) in [6.45, 7) is 7.91. The van der Waals surface area contributed by atoms with Gasteiger partial charge in [-0.2, -0.15) is 0 Å². The third-order valence-corrected chi connectivity index (χ3v) is 3.83. The van der Waals surface area contributed by atoms with Crippen molar-refractivity contribution in [3.63, 3.8) is 0 Å². The van der Waals surface area contributed by atoms with E-state index in [1.807, 2.05) is 4.90 Å². The Hall–Kier alpha value is -1.55. The van der Waals surface area contributed by atoms with Crippen molar-refractivity contribution in [2.24, 2.45) is 0 Å². The highest BCUT2D eigenvalue weighted by Gasteiger charge is 2.20. The maximum atomic E-state index is 11.7. The second kappa shape index (κ2) is 6.75. The number of ether oxygens (including phenoxy) is 1. The first-order chi connectivity index (χ1) is 9.61. The molecule has 0 atom stereocenters. The smallest absolute Gasteiger partial charge is 0.248 e. The van der Waals surface area contributed by atoms with Crippen LogP contribution in [0.4, 0.5) is 5.69 Å². The molecule has 1 aromatic carbocycles. The fourth-order valence-corrected chi connectivity index (χ4v) is 2.50. The summed E-state index contributed by atoms with van der Waals surface area (Å²) in [4.78, 5) is 16.0. The second-order valence-electron chi connectivity index (χ2n) is 5.55. The van der Waals surface area contributed by atoms with Crippen molar-refractivity contribution in [2.45, 2.75) is 19.8 Å². The lowest BCUT2D eigenvalue weighted by Gasteiger charge is -2.36. The van der Waals surface area contributed by atoms with Crippen molar-refractivity contribution in [3.05, 3.63) is 29.8 Å². The highest BCUT2D eigenvalue weighted by atomic mass is 16.5. The number of hydrogen-bond acceptors (Lipinski definition) is 3. The van der Waals surface area contributed by atoms with Gasteiger partial charge in [-0.25, -0.2) is 0 Å². The molecular formula is C16H24N2O2. The lowest BCUT2D eigenvalue weighted by molar-refractivity contribution is -0.135. The van der Waals surface area contributed by atoms with Crippen LogP contribution < -0.4 is 4.90 Å². The molecule has 1 heterocycles. The van der Waals surface area contributed by atoms with Crippen LogP contribution in [0.15, 0.2) is 24.3 Å². The molecule has 0 aromatic heterocycles. The van der Waals surface area contributed by atoms with Crippen LogP contribution in [0.2, 0.25) is 0 Å². The number of amides is 1. The minimum Gasteiger partial charge on any atom is -0.375 e. The zero-order valence-electron chi connectivity index (χ0n) is 12.6. The first kappa shape index (κ1) is 14.9. The summed E-state index contributed by atoms with van der Waals surface area (Å²) < 4.78 is 4.90. The largest absolute Gasteiger partial charge is 0.375 e. The van der Waals surface area contributed by atoms with E-state index in [-0.39, 0.29) is 12.5 Å². The number of rotatable bonds is 4. The van der Waals surface area contributed by atoms with Gasteiger partial charge in [0.25, 0.3) is 0 Å². The van der Waals surface area contributed by atoms with Crippen molar-refractivity contribution in [2.75, 3.05) is 44.8 Å². The van der Waals surface area contributed by atoms with Gasteiger partial charge < -0.3 is 14.5 Å². The summed E-state index contributed by atoms with van der Waals surface area (Å²) in [5, 5.41) is 0. The molecule has 1 aromatic rings. The van der Waals surface area contributed by atoms with E-state index in [4.69, 9.17) is 4.74 Å². The van der Waals surface area contributed by atoms with Gasteiger partial charge in [-0.05, 0) is 23.6 Å². The van der Waals surface area contributed by atoms with Crippen LogP contribution in [0.25, 0.3) is 0 Å². The Morgan fingerprint density at radius 2 is 1.75 bits per heavy atom. The van der Waals surface area contributed by atoms with Crippen LogP contribution in [-0.4, -0.2) is 50.7 Å². The Balaban J connectivity index is 1.91. The summed E-state index contributed by atoms with van der Waals surface area (Å²) >= 11 is 0. The number of carbonyl (C=O) groups excluding carboxylic acids is 1. The molecule has 1 aliphatic heterocycles. The van der Waals surface area contributed by atoms with E-state index >= 15 is 0 Å². The van der Waals surface area contributed by atoms with Crippen LogP contribution in [0.5, 0.6) is 0 Å². The molecule has 20 heavy (non-hydrogen) atoms. The van der Waals surface area contributed by atoms with Crippen molar-refractivity contribution in [3.8, 4) is 0 Å². The lowest BCUT2D eigenvalue weighted by atomic mass is 10.0. The lowest BCUT2D eigenvalue weighted by Crippen LogP contribution is -2.49. The highest BCUT2D eigenvalue weighted by Crippen LogP contribution is 2.21. The molecule has 0 saturated carbocycles. The summed E-state index contributed by atoms with van der Waals surface area (Å²) in [6.07, 6.45) is 0. The highest BCUT2D eigenvalue weighted by molar-refractivity contribution is 5.77. The minimum atomic E-state index is 0.0855. The maximum absolute atomic E-state index is 11.7. The average Bonchev–Trinajstić information content (AvgIpc) is 2.48. The summed E-state index contributed by atoms with van der Waals surface area (Å²) in [5.41, 5.74) is 2.61. The van der Waals surface area contributed by atoms with Crippen LogP contribution in [0.1, 0.15) is 25.3 Å². The van der Waals surface area contributed by atoms with E-state index in [2.05, 4.69) is 43.0 Å². The molecule has 110 valence electrons. The number of methoxy groups -OCH3 is 1. The van der Waals surface area contributed by atoms with Gasteiger partial charge in [0.2, 0.25) is 5.91 Å². The van der Waals surface area contributed by atoms with Crippen molar-refractivity contribution in [1.82, 2.24) is 4.90 Å². The van der Waals surface area contributed by atoms with Crippen LogP contribution >= 0.6 is 0 Å². The minimum absolute atomic E-state index is 0.0855. The molecule has 4 heteroatoms. The molecule has 0 unspecified atom stereocenters. The van der Waals surface area contributed by atoms with Crippen LogP contribution in [-0.2, 0) is 9.53 Å². The molecular weight excluding hydrogens is 252 g/mol. The zero-order valence-corrected chi connectivity index (χ0v) is 12.6. The Morgan fingerprint density at radius 3 is 2.25 bits per heavy atom. The van der Waals surface area contributed by atoms with Gasteiger partial charge >= 0.3 is 0 Å². The first-order valence-corrected chi connectivity index (χ1v) is 7.23. The third kappa shape index (κ3) is 3.51. The van der Waals surface area contributed by atoms with E-state index < -0.39 is 0 Å². The van der Waals surface area contributed by atoms with Crippen molar-refractivity contribution >= 4 is 11.6 Å². The third-order valence-electron chi connectivity index (χ3n) is 3.83. The molecule has 0 N–H and O–H groups in total. The number of nitrogens with zero attached hydrogens (tertiary/aromatic N) is 2. The van der Waals surface area contributed by atoms with Gasteiger partial charge in [-0.15, -0.1) is 0 Å². The molecule has 0 radical (unpaired) electrons. The second-order valence-corrected chi connectivity index (χ2v) is 5.55. The molecule has 4 nitrogen and oxygen atoms in total. The van der Waals surface area contributed by atoms with E-state index in [0.29, 0.717) is 5.92 Å². The molecule has 2 rings (SSSR count).